The Morgan fingerprint density at radius 2 is 1.74 bits per heavy atom. The van der Waals surface area contributed by atoms with Crippen molar-refractivity contribution in [1.29, 1.82) is 0 Å². The lowest BCUT2D eigenvalue weighted by molar-refractivity contribution is 0.0697. The van der Waals surface area contributed by atoms with Crippen molar-refractivity contribution in [2.75, 3.05) is 0 Å². The lowest BCUT2D eigenvalue weighted by Gasteiger charge is -2.05. The fraction of sp³-hybridized carbons (Fsp3) is 0.0667. The Morgan fingerprint density at radius 3 is 2.37 bits per heavy atom. The maximum absolute atomic E-state index is 12.3. The Hall–Kier alpha value is -2.13. The number of benzene rings is 2. The predicted molar refractivity (Wildman–Crippen MR) is 73.0 cm³/mol. The van der Waals surface area contributed by atoms with E-state index < -0.39 is 5.97 Å². The van der Waals surface area contributed by atoms with Crippen LogP contribution in [0, 0.1) is 6.92 Å². The van der Waals surface area contributed by atoms with Crippen molar-refractivity contribution < 1.29 is 14.7 Å². The predicted octanol–water partition coefficient (Wildman–Crippen LogP) is 3.58. The van der Waals surface area contributed by atoms with Gasteiger partial charge in [-0.05, 0) is 36.8 Å². The summed E-state index contributed by atoms with van der Waals surface area (Å²) >= 11 is 6.04. The molecule has 4 heteroatoms. The van der Waals surface area contributed by atoms with Crippen molar-refractivity contribution in [3.63, 3.8) is 0 Å². The summed E-state index contributed by atoms with van der Waals surface area (Å²) in [4.78, 5) is 23.2. The molecule has 1 N–H and O–H groups in total. The Morgan fingerprint density at radius 1 is 1.05 bits per heavy atom. The molecule has 2 aromatic rings. The van der Waals surface area contributed by atoms with Crippen molar-refractivity contribution in [3.8, 4) is 0 Å². The van der Waals surface area contributed by atoms with Gasteiger partial charge in [-0.1, -0.05) is 29.8 Å². The van der Waals surface area contributed by atoms with Crippen molar-refractivity contribution in [2.24, 2.45) is 0 Å². The smallest absolute Gasteiger partial charge is 0.335 e. The molecule has 0 unspecified atom stereocenters. The van der Waals surface area contributed by atoms with Gasteiger partial charge in [-0.2, -0.15) is 0 Å². The van der Waals surface area contributed by atoms with Gasteiger partial charge in [0.05, 0.1) is 10.6 Å². The number of hydrogen-bond donors (Lipinski definition) is 1. The van der Waals surface area contributed by atoms with E-state index in [1.807, 2.05) is 6.92 Å². The molecule has 0 radical (unpaired) electrons. The van der Waals surface area contributed by atoms with Crippen molar-refractivity contribution in [3.05, 3.63) is 69.7 Å². The highest BCUT2D eigenvalue weighted by atomic mass is 35.5. The minimum Gasteiger partial charge on any atom is -0.478 e. The zero-order valence-electron chi connectivity index (χ0n) is 10.2. The monoisotopic (exact) mass is 274 g/mol. The van der Waals surface area contributed by atoms with Gasteiger partial charge in [0.2, 0.25) is 0 Å². The molecule has 0 heterocycles. The molecule has 0 saturated carbocycles. The van der Waals surface area contributed by atoms with E-state index >= 15 is 0 Å². The second-order valence-electron chi connectivity index (χ2n) is 4.20. The van der Waals surface area contributed by atoms with Crippen molar-refractivity contribution >= 4 is 23.4 Å². The molecule has 0 atom stereocenters. The van der Waals surface area contributed by atoms with Crippen LogP contribution in [0.5, 0.6) is 0 Å². The molecule has 0 aromatic heterocycles. The lowest BCUT2D eigenvalue weighted by Crippen LogP contribution is -2.05. The van der Waals surface area contributed by atoms with Gasteiger partial charge in [0.1, 0.15) is 0 Å². The number of halogens is 1. The number of carboxylic acid groups (broad SMARTS) is 1. The molecule has 96 valence electrons. The second kappa shape index (κ2) is 5.24. The van der Waals surface area contributed by atoms with E-state index in [0.717, 1.165) is 5.56 Å². The molecule has 0 aliphatic carbocycles. The van der Waals surface area contributed by atoms with Gasteiger partial charge < -0.3 is 5.11 Å². The van der Waals surface area contributed by atoms with Crippen LogP contribution in [0.2, 0.25) is 5.02 Å². The molecular weight excluding hydrogens is 264 g/mol. The molecule has 2 rings (SSSR count). The zero-order chi connectivity index (χ0) is 14.0. The standard InChI is InChI=1S/C15H11ClO3/c1-9-5-6-12(13(16)7-9)14(17)10-3-2-4-11(8-10)15(18)19/h2-8H,1H3,(H,18,19). The summed E-state index contributed by atoms with van der Waals surface area (Å²) in [6, 6.07) is 11.0. The van der Waals surface area contributed by atoms with Gasteiger partial charge in [-0.25, -0.2) is 4.79 Å². The first-order chi connectivity index (χ1) is 8.99. The van der Waals surface area contributed by atoms with Gasteiger partial charge in [0, 0.05) is 11.1 Å². The first-order valence-electron chi connectivity index (χ1n) is 5.63. The third-order valence-corrected chi connectivity index (χ3v) is 3.05. The minimum absolute atomic E-state index is 0.0779. The SMILES string of the molecule is Cc1ccc(C(=O)c2cccc(C(=O)O)c2)c(Cl)c1. The van der Waals surface area contributed by atoms with E-state index in [1.54, 1.807) is 30.3 Å². The largest absolute Gasteiger partial charge is 0.478 e. The van der Waals surface area contributed by atoms with E-state index in [2.05, 4.69) is 0 Å². The summed E-state index contributed by atoms with van der Waals surface area (Å²) in [6.45, 7) is 1.88. The van der Waals surface area contributed by atoms with Crippen molar-refractivity contribution in [1.82, 2.24) is 0 Å². The quantitative estimate of drug-likeness (QED) is 0.871. The number of aromatic carboxylic acids is 1. The van der Waals surface area contributed by atoms with Crippen LogP contribution in [-0.2, 0) is 0 Å². The van der Waals surface area contributed by atoms with Gasteiger partial charge >= 0.3 is 5.97 Å². The minimum atomic E-state index is -1.07. The van der Waals surface area contributed by atoms with E-state index in [1.165, 1.54) is 12.1 Å². The van der Waals surface area contributed by atoms with Crippen LogP contribution < -0.4 is 0 Å². The molecule has 0 amide bonds. The average Bonchev–Trinajstić information content (AvgIpc) is 2.38. The maximum Gasteiger partial charge on any atom is 0.335 e. The average molecular weight is 275 g/mol. The Kier molecular flexibility index (Phi) is 3.67. The fourth-order valence-electron chi connectivity index (χ4n) is 1.75. The Balaban J connectivity index is 2.44. The molecule has 0 spiro atoms. The highest BCUT2D eigenvalue weighted by Gasteiger charge is 2.14. The molecule has 0 aliphatic heterocycles. The summed E-state index contributed by atoms with van der Waals surface area (Å²) in [6.07, 6.45) is 0. The van der Waals surface area contributed by atoms with Crippen LogP contribution in [0.3, 0.4) is 0 Å². The summed E-state index contributed by atoms with van der Waals surface area (Å²) in [5, 5.41) is 9.28. The third-order valence-electron chi connectivity index (χ3n) is 2.74. The highest BCUT2D eigenvalue weighted by Crippen LogP contribution is 2.21. The van der Waals surface area contributed by atoms with Crippen LogP contribution in [0.1, 0.15) is 31.8 Å². The molecule has 0 bridgehead atoms. The van der Waals surface area contributed by atoms with E-state index in [-0.39, 0.29) is 11.3 Å². The number of hydrogen-bond acceptors (Lipinski definition) is 2. The number of carbonyl (C=O) groups excluding carboxylic acids is 1. The van der Waals surface area contributed by atoms with Gasteiger partial charge in [-0.15, -0.1) is 0 Å². The van der Waals surface area contributed by atoms with Gasteiger partial charge in [0.15, 0.2) is 5.78 Å². The third kappa shape index (κ3) is 2.83. The number of carbonyl (C=O) groups is 2. The number of carboxylic acids is 1. The molecule has 0 fully saturated rings. The normalized spacial score (nSPS) is 10.2. The first-order valence-corrected chi connectivity index (χ1v) is 6.01. The number of aryl methyl sites for hydroxylation is 1. The van der Waals surface area contributed by atoms with E-state index in [9.17, 15) is 9.59 Å². The van der Waals surface area contributed by atoms with Crippen LogP contribution in [0.25, 0.3) is 0 Å². The number of ketones is 1. The molecule has 19 heavy (non-hydrogen) atoms. The highest BCUT2D eigenvalue weighted by molar-refractivity contribution is 6.35. The van der Waals surface area contributed by atoms with E-state index in [0.29, 0.717) is 16.1 Å². The number of rotatable bonds is 3. The van der Waals surface area contributed by atoms with Crippen LogP contribution >= 0.6 is 11.6 Å². The van der Waals surface area contributed by atoms with Crippen LogP contribution in [-0.4, -0.2) is 16.9 Å². The van der Waals surface area contributed by atoms with E-state index in [4.69, 9.17) is 16.7 Å². The molecule has 0 aliphatic rings. The van der Waals surface area contributed by atoms with Crippen molar-refractivity contribution in [2.45, 2.75) is 6.92 Å². The van der Waals surface area contributed by atoms with Gasteiger partial charge in [-0.3, -0.25) is 4.79 Å². The summed E-state index contributed by atoms with van der Waals surface area (Å²) < 4.78 is 0. The zero-order valence-corrected chi connectivity index (χ0v) is 10.9. The summed E-state index contributed by atoms with van der Waals surface area (Å²) in [5.74, 6) is -1.35. The lowest BCUT2D eigenvalue weighted by atomic mass is 10.0. The van der Waals surface area contributed by atoms with Crippen LogP contribution in [0.15, 0.2) is 42.5 Å². The summed E-state index contributed by atoms with van der Waals surface area (Å²) in [5.41, 5.74) is 1.72. The molecule has 0 saturated heterocycles. The second-order valence-corrected chi connectivity index (χ2v) is 4.61. The van der Waals surface area contributed by atoms with Crippen LogP contribution in [0.4, 0.5) is 0 Å². The first kappa shape index (κ1) is 13.3. The maximum atomic E-state index is 12.3. The fourth-order valence-corrected chi connectivity index (χ4v) is 2.07. The Labute approximate surface area is 115 Å². The Bertz CT molecular complexity index is 662. The molecule has 3 nitrogen and oxygen atoms in total. The van der Waals surface area contributed by atoms with Gasteiger partial charge in [0.25, 0.3) is 0 Å². The topological polar surface area (TPSA) is 54.4 Å². The molecule has 2 aromatic carbocycles. The summed E-state index contributed by atoms with van der Waals surface area (Å²) in [7, 11) is 0. The molecular formula is C15H11ClO3.